The Labute approximate surface area is 208 Å². The zero-order valence-corrected chi connectivity index (χ0v) is 20.6. The lowest BCUT2D eigenvalue weighted by Gasteiger charge is -2.29. The van der Waals surface area contributed by atoms with Crippen molar-refractivity contribution in [3.05, 3.63) is 59.3 Å². The van der Waals surface area contributed by atoms with Crippen LogP contribution in [0.15, 0.2) is 42.6 Å². The Morgan fingerprint density at radius 2 is 2.03 bits per heavy atom. The molecule has 0 fully saturated rings. The number of aliphatic carboxylic acids is 1. The number of nitrogens with zero attached hydrogens (tertiary/aromatic N) is 2. The molecule has 2 aromatic carbocycles. The molecule has 5 rings (SSSR count). The van der Waals surface area contributed by atoms with Crippen LogP contribution >= 0.6 is 0 Å². The minimum Gasteiger partial charge on any atom is -0.493 e. The van der Waals surface area contributed by atoms with Gasteiger partial charge in [0, 0.05) is 34.5 Å². The summed E-state index contributed by atoms with van der Waals surface area (Å²) in [6.45, 7) is 7.95. The first-order valence-corrected chi connectivity index (χ1v) is 11.8. The van der Waals surface area contributed by atoms with Crippen molar-refractivity contribution in [2.75, 3.05) is 11.9 Å². The molecule has 4 aromatic rings. The summed E-state index contributed by atoms with van der Waals surface area (Å²) in [5, 5.41) is 14.5. The van der Waals surface area contributed by atoms with E-state index in [4.69, 9.17) is 14.5 Å². The number of aryl methyl sites for hydroxylation is 1. The number of carbonyl (C=O) groups excluding carboxylic acids is 1. The Bertz CT molecular complexity index is 1510. The second kappa shape index (κ2) is 8.87. The zero-order valence-electron chi connectivity index (χ0n) is 20.6. The topological polar surface area (TPSA) is 111 Å². The lowest BCUT2D eigenvalue weighted by Crippen LogP contribution is -2.28. The van der Waals surface area contributed by atoms with Gasteiger partial charge in [-0.15, -0.1) is 0 Å². The highest BCUT2D eigenvalue weighted by molar-refractivity contribution is 6.08. The summed E-state index contributed by atoms with van der Waals surface area (Å²) >= 11 is 0. The Morgan fingerprint density at radius 3 is 2.75 bits per heavy atom. The second-order valence-electron chi connectivity index (χ2n) is 9.86. The fourth-order valence-electron chi connectivity index (χ4n) is 4.88. The van der Waals surface area contributed by atoms with E-state index in [0.29, 0.717) is 41.0 Å². The van der Waals surface area contributed by atoms with Gasteiger partial charge in [0.05, 0.1) is 23.2 Å². The smallest absolute Gasteiger partial charge is 0.337 e. The molecule has 0 aliphatic carbocycles. The number of nitrogens with one attached hydrogen (secondary N) is 1. The SMILES string of the molecule is Cc1cc2nc(NC=O)ccc2c(-c2ccc3c4c(ccnc24)CCO3)c1C(OC(C)(C)C)C(=O)O. The fraction of sp³-hybridized carbons (Fsp3) is 0.286. The van der Waals surface area contributed by atoms with Gasteiger partial charge in [-0.3, -0.25) is 9.78 Å². The number of carboxylic acid groups (broad SMARTS) is 1. The minimum absolute atomic E-state index is 0.403. The number of carbonyl (C=O) groups is 2. The van der Waals surface area contributed by atoms with E-state index in [1.807, 2.05) is 58.0 Å². The van der Waals surface area contributed by atoms with Crippen LogP contribution in [0.4, 0.5) is 5.82 Å². The first kappa shape index (κ1) is 23.7. The van der Waals surface area contributed by atoms with Crippen LogP contribution in [0.5, 0.6) is 5.75 Å². The maximum absolute atomic E-state index is 12.6. The number of pyridine rings is 2. The van der Waals surface area contributed by atoms with Gasteiger partial charge in [0.25, 0.3) is 0 Å². The molecule has 0 saturated heterocycles. The van der Waals surface area contributed by atoms with Gasteiger partial charge in [0.15, 0.2) is 6.10 Å². The lowest BCUT2D eigenvalue weighted by atomic mass is 9.86. The summed E-state index contributed by atoms with van der Waals surface area (Å²) in [4.78, 5) is 32.9. The molecule has 2 N–H and O–H groups in total. The largest absolute Gasteiger partial charge is 0.493 e. The molecule has 1 aliphatic heterocycles. The standard InChI is InChI=1S/C28H27N3O5/c1-15-13-19-17(6-8-21(31-19)30-14-32)24(22(15)26(27(33)34)36-28(2,3)4)18-5-7-20-23-16(10-12-35-20)9-11-29-25(18)23/h5-9,11,13-14,26H,10,12H2,1-4H3,(H,33,34)(H,30,31,32). The van der Waals surface area contributed by atoms with Crippen LogP contribution in [0.1, 0.15) is 43.6 Å². The van der Waals surface area contributed by atoms with E-state index in [9.17, 15) is 14.7 Å². The van der Waals surface area contributed by atoms with Crippen molar-refractivity contribution in [3.8, 4) is 16.9 Å². The van der Waals surface area contributed by atoms with Gasteiger partial charge in [-0.05, 0) is 80.8 Å². The summed E-state index contributed by atoms with van der Waals surface area (Å²) < 4.78 is 12.0. The molecule has 36 heavy (non-hydrogen) atoms. The summed E-state index contributed by atoms with van der Waals surface area (Å²) in [6, 6.07) is 11.2. The number of carboxylic acids is 1. The second-order valence-corrected chi connectivity index (χ2v) is 9.86. The Kier molecular flexibility index (Phi) is 5.84. The molecule has 1 aliphatic rings. The summed E-state index contributed by atoms with van der Waals surface area (Å²) in [5.74, 6) is 0.0810. The third-order valence-corrected chi connectivity index (χ3v) is 6.24. The molecular formula is C28H27N3O5. The summed E-state index contributed by atoms with van der Waals surface area (Å²) in [6.07, 6.45) is 1.89. The van der Waals surface area contributed by atoms with E-state index in [-0.39, 0.29) is 0 Å². The molecule has 0 saturated carbocycles. The maximum Gasteiger partial charge on any atom is 0.337 e. The molecular weight excluding hydrogens is 458 g/mol. The zero-order chi connectivity index (χ0) is 25.6. The minimum atomic E-state index is -1.22. The van der Waals surface area contributed by atoms with Crippen molar-refractivity contribution in [3.63, 3.8) is 0 Å². The quantitative estimate of drug-likeness (QED) is 0.361. The molecule has 1 unspecified atom stereocenters. The average molecular weight is 486 g/mol. The van der Waals surface area contributed by atoms with Gasteiger partial charge in [0.1, 0.15) is 11.6 Å². The van der Waals surface area contributed by atoms with Crippen molar-refractivity contribution in [1.82, 2.24) is 9.97 Å². The van der Waals surface area contributed by atoms with E-state index in [0.717, 1.165) is 39.6 Å². The molecule has 3 heterocycles. The average Bonchev–Trinajstić information content (AvgIpc) is 2.82. The third-order valence-electron chi connectivity index (χ3n) is 6.24. The molecule has 8 nitrogen and oxygen atoms in total. The van der Waals surface area contributed by atoms with Crippen LogP contribution < -0.4 is 10.1 Å². The van der Waals surface area contributed by atoms with Crippen LogP contribution in [0, 0.1) is 6.92 Å². The highest BCUT2D eigenvalue weighted by Crippen LogP contribution is 2.45. The normalized spacial score (nSPS) is 13.9. The number of amides is 1. The Balaban J connectivity index is 1.90. The van der Waals surface area contributed by atoms with E-state index in [1.54, 1.807) is 12.3 Å². The van der Waals surface area contributed by atoms with Gasteiger partial charge >= 0.3 is 5.97 Å². The monoisotopic (exact) mass is 485 g/mol. The van der Waals surface area contributed by atoms with E-state index in [2.05, 4.69) is 10.3 Å². The van der Waals surface area contributed by atoms with Crippen LogP contribution in [-0.2, 0) is 20.7 Å². The Morgan fingerprint density at radius 1 is 1.22 bits per heavy atom. The summed E-state index contributed by atoms with van der Waals surface area (Å²) in [7, 11) is 0. The molecule has 184 valence electrons. The molecule has 0 spiro atoms. The number of hydrogen-bond acceptors (Lipinski definition) is 6. The third kappa shape index (κ3) is 4.13. The fourth-order valence-corrected chi connectivity index (χ4v) is 4.88. The molecule has 1 amide bonds. The number of hydrogen-bond donors (Lipinski definition) is 2. The van der Waals surface area contributed by atoms with Crippen molar-refractivity contribution in [1.29, 1.82) is 0 Å². The van der Waals surface area contributed by atoms with Gasteiger partial charge in [-0.1, -0.05) is 0 Å². The number of rotatable bonds is 6. The van der Waals surface area contributed by atoms with Crippen molar-refractivity contribution in [2.45, 2.75) is 45.8 Å². The summed E-state index contributed by atoms with van der Waals surface area (Å²) in [5.41, 5.74) is 4.49. The van der Waals surface area contributed by atoms with Gasteiger partial charge < -0.3 is 19.9 Å². The molecule has 0 bridgehead atoms. The lowest BCUT2D eigenvalue weighted by molar-refractivity contribution is -0.160. The van der Waals surface area contributed by atoms with Crippen molar-refractivity contribution in [2.24, 2.45) is 0 Å². The van der Waals surface area contributed by atoms with Crippen LogP contribution in [-0.4, -0.2) is 39.7 Å². The first-order valence-electron chi connectivity index (χ1n) is 11.8. The molecule has 8 heteroatoms. The van der Waals surface area contributed by atoms with Crippen LogP contribution in [0.25, 0.3) is 32.9 Å². The van der Waals surface area contributed by atoms with Gasteiger partial charge in [0.2, 0.25) is 6.41 Å². The van der Waals surface area contributed by atoms with E-state index < -0.39 is 17.7 Å². The predicted octanol–water partition coefficient (Wildman–Crippen LogP) is 5.20. The number of aromatic nitrogens is 2. The van der Waals surface area contributed by atoms with Gasteiger partial charge in [-0.2, -0.15) is 0 Å². The Hall–Kier alpha value is -4.04. The van der Waals surface area contributed by atoms with Gasteiger partial charge in [-0.25, -0.2) is 9.78 Å². The molecule has 1 atom stereocenters. The van der Waals surface area contributed by atoms with Crippen LogP contribution in [0.2, 0.25) is 0 Å². The van der Waals surface area contributed by atoms with Crippen molar-refractivity contribution < 1.29 is 24.2 Å². The number of benzene rings is 2. The highest BCUT2D eigenvalue weighted by Gasteiger charge is 2.32. The molecule has 0 radical (unpaired) electrons. The highest BCUT2D eigenvalue weighted by atomic mass is 16.5. The van der Waals surface area contributed by atoms with Crippen LogP contribution in [0.3, 0.4) is 0 Å². The van der Waals surface area contributed by atoms with E-state index >= 15 is 0 Å². The predicted molar refractivity (Wildman–Crippen MR) is 137 cm³/mol. The number of ether oxygens (including phenoxy) is 2. The molecule has 2 aromatic heterocycles. The van der Waals surface area contributed by atoms with E-state index in [1.165, 1.54) is 0 Å². The number of fused-ring (bicyclic) bond motifs is 1. The van der Waals surface area contributed by atoms with Crippen molar-refractivity contribution >= 4 is 40.0 Å². The first-order chi connectivity index (χ1) is 17.2. The number of anilines is 1. The maximum atomic E-state index is 12.6.